The van der Waals surface area contributed by atoms with Gasteiger partial charge in [-0.3, -0.25) is 19.3 Å². The number of nitrogens with zero attached hydrogens (tertiary/aromatic N) is 4. The first-order valence-corrected chi connectivity index (χ1v) is 15.9. The number of rotatable bonds is 6. The Morgan fingerprint density at radius 1 is 0.955 bits per heavy atom. The maximum atomic E-state index is 15.3. The van der Waals surface area contributed by atoms with Gasteiger partial charge in [-0.1, -0.05) is 43.5 Å². The second-order valence-corrected chi connectivity index (χ2v) is 12.8. The third-order valence-electron chi connectivity index (χ3n) is 10.1. The number of aryl methyl sites for hydroxylation is 2. The maximum absolute atomic E-state index is 15.3. The van der Waals surface area contributed by atoms with Crippen molar-refractivity contribution in [3.8, 4) is 0 Å². The molecule has 0 spiro atoms. The fraction of sp³-hybridized carbons (Fsp3) is 0.429. The van der Waals surface area contributed by atoms with Gasteiger partial charge < -0.3 is 15.5 Å². The molecule has 44 heavy (non-hydrogen) atoms. The third-order valence-corrected chi connectivity index (χ3v) is 10.1. The lowest BCUT2D eigenvalue weighted by atomic mass is 9.76. The van der Waals surface area contributed by atoms with E-state index in [1.807, 2.05) is 30.1 Å². The average molecular weight is 595 g/mol. The fourth-order valence-electron chi connectivity index (χ4n) is 7.88. The predicted octanol–water partition coefficient (Wildman–Crippen LogP) is 6.78. The van der Waals surface area contributed by atoms with Gasteiger partial charge in [0, 0.05) is 24.8 Å². The molecule has 1 aliphatic heterocycles. The minimum Gasteiger partial charge on any atom is -0.382 e. The topological polar surface area (TPSA) is 92.2 Å². The molecule has 2 aliphatic carbocycles. The van der Waals surface area contributed by atoms with Crippen LogP contribution in [0.5, 0.6) is 0 Å². The van der Waals surface area contributed by atoms with Gasteiger partial charge in [0.05, 0.1) is 41.1 Å². The molecule has 2 N–H and O–H groups in total. The molecule has 2 saturated carbocycles. The lowest BCUT2D eigenvalue weighted by molar-refractivity contribution is -0.125. The summed E-state index contributed by atoms with van der Waals surface area (Å²) in [5, 5.41) is 11.0. The number of nitrogens with one attached hydrogen (secondary N) is 2. The van der Waals surface area contributed by atoms with Crippen molar-refractivity contribution in [1.82, 2.24) is 19.7 Å². The average Bonchev–Trinajstić information content (AvgIpc) is 3.79. The third kappa shape index (κ3) is 5.22. The van der Waals surface area contributed by atoms with Crippen molar-refractivity contribution in [3.63, 3.8) is 0 Å². The Morgan fingerprint density at radius 3 is 2.52 bits per heavy atom. The van der Waals surface area contributed by atoms with E-state index >= 15 is 4.39 Å². The van der Waals surface area contributed by atoms with Gasteiger partial charge in [0.25, 0.3) is 5.91 Å². The van der Waals surface area contributed by atoms with Crippen molar-refractivity contribution in [1.29, 1.82) is 0 Å². The van der Waals surface area contributed by atoms with Gasteiger partial charge in [-0.25, -0.2) is 4.39 Å². The number of likely N-dealkylation sites (tertiary alicyclic amines) is 1. The molecule has 4 aromatic rings. The Hall–Kier alpha value is -4.27. The first-order chi connectivity index (χ1) is 21.4. The lowest BCUT2D eigenvalue weighted by Crippen LogP contribution is -2.54. The summed E-state index contributed by atoms with van der Waals surface area (Å²) in [5.41, 5.74) is 4.76. The van der Waals surface area contributed by atoms with Gasteiger partial charge in [-0.15, -0.1) is 0 Å². The number of anilines is 2. The number of pyridine rings is 1. The van der Waals surface area contributed by atoms with E-state index in [0.29, 0.717) is 23.7 Å². The smallest absolute Gasteiger partial charge is 0.257 e. The Labute approximate surface area is 257 Å². The molecule has 2 amide bonds. The second-order valence-electron chi connectivity index (χ2n) is 12.8. The van der Waals surface area contributed by atoms with Crippen molar-refractivity contribution in [2.75, 3.05) is 10.6 Å². The first-order valence-electron chi connectivity index (χ1n) is 15.9. The Morgan fingerprint density at radius 2 is 1.75 bits per heavy atom. The van der Waals surface area contributed by atoms with Gasteiger partial charge >= 0.3 is 0 Å². The Balaban J connectivity index is 1.27. The number of hydrogen-bond acceptors (Lipinski definition) is 5. The summed E-state index contributed by atoms with van der Waals surface area (Å²) in [6.07, 6.45) is 11.6. The van der Waals surface area contributed by atoms with Crippen molar-refractivity contribution in [3.05, 3.63) is 83.4 Å². The summed E-state index contributed by atoms with van der Waals surface area (Å²) in [6, 6.07) is 14.7. The van der Waals surface area contributed by atoms with Gasteiger partial charge in [0.15, 0.2) is 0 Å². The highest BCUT2D eigenvalue weighted by atomic mass is 19.1. The van der Waals surface area contributed by atoms with Crippen LogP contribution in [0.4, 0.5) is 15.8 Å². The number of carbonyl (C=O) groups is 2. The van der Waals surface area contributed by atoms with Gasteiger partial charge in [-0.2, -0.15) is 5.10 Å². The summed E-state index contributed by atoms with van der Waals surface area (Å²) in [6.45, 7) is 1.77. The van der Waals surface area contributed by atoms with Crippen LogP contribution in [0.3, 0.4) is 0 Å². The van der Waals surface area contributed by atoms with E-state index in [1.165, 1.54) is 31.7 Å². The number of halogens is 1. The standard InChI is InChI=1S/C35H39FN6O2/c1-21-7-5-11-28(36)32(21)35(44)42-30-12-6-8-23(30)17-27(34(43)40-26-18-31-29(37-19-26)20-38-41(31)2)33(42)22-13-15-25(16-14-22)39-24-9-3-4-10-24/h5,7,11,13-16,18-20,23-24,27,30,33,39H,3-4,6,8-10,12,17H2,1-2H3,(H,40,43)/t23-,27?,30-,33?/m0/s1. The SMILES string of the molecule is Cc1cccc(F)c1C(=O)N1C(c2ccc(NC3CCCC3)cc2)C(C(=O)Nc2cnc3cnn(C)c3c2)C[C@@H]2CCC[C@@H]21. The zero-order valence-corrected chi connectivity index (χ0v) is 25.3. The van der Waals surface area contributed by atoms with Crippen LogP contribution in [-0.4, -0.2) is 43.6 Å². The van der Waals surface area contributed by atoms with Gasteiger partial charge in [0.1, 0.15) is 11.3 Å². The molecule has 8 nitrogen and oxygen atoms in total. The van der Waals surface area contributed by atoms with Gasteiger partial charge in [0.2, 0.25) is 5.91 Å². The molecule has 0 bridgehead atoms. The normalized spacial score (nSPS) is 23.6. The minimum atomic E-state index is -0.546. The van der Waals surface area contributed by atoms with E-state index in [0.717, 1.165) is 41.5 Å². The van der Waals surface area contributed by atoms with Crippen LogP contribution in [-0.2, 0) is 11.8 Å². The molecule has 3 aliphatic rings. The molecule has 3 heterocycles. The Kier molecular flexibility index (Phi) is 7.56. The summed E-state index contributed by atoms with van der Waals surface area (Å²) < 4.78 is 17.0. The summed E-state index contributed by atoms with van der Waals surface area (Å²) in [5.74, 6) is -1.40. The van der Waals surface area contributed by atoms with Crippen LogP contribution in [0.15, 0.2) is 60.9 Å². The molecule has 228 valence electrons. The number of aromatic nitrogens is 3. The maximum Gasteiger partial charge on any atom is 0.257 e. The van der Waals surface area contributed by atoms with Gasteiger partial charge in [-0.05, 0) is 80.3 Å². The lowest BCUT2D eigenvalue weighted by Gasteiger charge is -2.48. The molecule has 7 rings (SSSR count). The second kappa shape index (κ2) is 11.7. The van der Waals surface area contributed by atoms with E-state index in [2.05, 4.69) is 32.8 Å². The molecular formula is C35H39FN6O2. The monoisotopic (exact) mass is 594 g/mol. The van der Waals surface area contributed by atoms with E-state index in [-0.39, 0.29) is 29.3 Å². The van der Waals surface area contributed by atoms with Crippen LogP contribution < -0.4 is 10.6 Å². The Bertz CT molecular complexity index is 1680. The largest absolute Gasteiger partial charge is 0.382 e. The highest BCUT2D eigenvalue weighted by Gasteiger charge is 2.50. The van der Waals surface area contributed by atoms with E-state index < -0.39 is 17.8 Å². The number of carbonyl (C=O) groups excluding carboxylic acids is 2. The number of piperidine rings is 1. The molecule has 2 aromatic carbocycles. The zero-order chi connectivity index (χ0) is 30.4. The summed E-state index contributed by atoms with van der Waals surface area (Å²) in [4.78, 5) is 35.0. The number of benzene rings is 2. The van der Waals surface area contributed by atoms with E-state index in [4.69, 9.17) is 0 Å². The molecule has 1 saturated heterocycles. The van der Waals surface area contributed by atoms with Crippen molar-refractivity contribution >= 4 is 34.2 Å². The summed E-state index contributed by atoms with van der Waals surface area (Å²) in [7, 11) is 1.84. The number of amides is 2. The summed E-state index contributed by atoms with van der Waals surface area (Å²) >= 11 is 0. The molecule has 3 fully saturated rings. The number of fused-ring (bicyclic) bond motifs is 2. The molecule has 9 heteroatoms. The predicted molar refractivity (Wildman–Crippen MR) is 169 cm³/mol. The highest BCUT2D eigenvalue weighted by Crippen LogP contribution is 2.49. The van der Waals surface area contributed by atoms with Crippen molar-refractivity contribution < 1.29 is 14.0 Å². The van der Waals surface area contributed by atoms with Crippen LogP contribution in [0.2, 0.25) is 0 Å². The molecule has 0 radical (unpaired) electrons. The van der Waals surface area contributed by atoms with Crippen LogP contribution >= 0.6 is 0 Å². The van der Waals surface area contributed by atoms with Crippen LogP contribution in [0, 0.1) is 24.6 Å². The van der Waals surface area contributed by atoms with Crippen LogP contribution in [0.25, 0.3) is 11.0 Å². The minimum absolute atomic E-state index is 0.0562. The zero-order valence-electron chi connectivity index (χ0n) is 25.3. The first kappa shape index (κ1) is 28.5. The van der Waals surface area contributed by atoms with E-state index in [1.54, 1.807) is 36.1 Å². The number of hydrogen-bond donors (Lipinski definition) is 2. The highest BCUT2D eigenvalue weighted by molar-refractivity contribution is 5.99. The fourth-order valence-corrected chi connectivity index (χ4v) is 7.88. The quantitative estimate of drug-likeness (QED) is 0.257. The van der Waals surface area contributed by atoms with E-state index in [9.17, 15) is 9.59 Å². The molecular weight excluding hydrogens is 555 g/mol. The molecule has 2 aromatic heterocycles. The molecule has 4 atom stereocenters. The van der Waals surface area contributed by atoms with Crippen molar-refractivity contribution in [2.24, 2.45) is 18.9 Å². The molecule has 2 unspecified atom stereocenters. The van der Waals surface area contributed by atoms with Crippen LogP contribution in [0.1, 0.15) is 78.9 Å². The van der Waals surface area contributed by atoms with Crippen molar-refractivity contribution in [2.45, 2.75) is 76.4 Å².